The molecule has 0 saturated heterocycles. The molecule has 0 aliphatic rings. The van der Waals surface area contributed by atoms with Gasteiger partial charge in [-0.2, -0.15) is 0 Å². The molecule has 2 heterocycles. The fourth-order valence-electron chi connectivity index (χ4n) is 2.62. The molecular formula is C20H14N2O3S2. The summed E-state index contributed by atoms with van der Waals surface area (Å²) in [6.07, 6.45) is -1.12. The Morgan fingerprint density at radius 1 is 0.926 bits per heavy atom. The van der Waals surface area contributed by atoms with Crippen LogP contribution in [0.2, 0.25) is 0 Å². The van der Waals surface area contributed by atoms with Gasteiger partial charge >= 0.3 is 5.97 Å². The average molecular weight is 394 g/mol. The van der Waals surface area contributed by atoms with Crippen LogP contribution in [0.4, 0.5) is 0 Å². The zero-order valence-electron chi connectivity index (χ0n) is 14.0. The van der Waals surface area contributed by atoms with Crippen molar-refractivity contribution in [2.75, 3.05) is 0 Å². The molecule has 0 aliphatic carbocycles. The van der Waals surface area contributed by atoms with Crippen molar-refractivity contribution in [2.24, 2.45) is 5.73 Å². The summed E-state index contributed by atoms with van der Waals surface area (Å²) in [6.45, 7) is 0. The van der Waals surface area contributed by atoms with E-state index in [-0.39, 0.29) is 0 Å². The maximum absolute atomic E-state index is 12.5. The van der Waals surface area contributed by atoms with E-state index in [9.17, 15) is 9.59 Å². The number of hydrogen-bond donors (Lipinski definition) is 1. The van der Waals surface area contributed by atoms with Crippen LogP contribution >= 0.6 is 22.7 Å². The highest BCUT2D eigenvalue weighted by Gasteiger charge is 2.24. The van der Waals surface area contributed by atoms with Gasteiger partial charge in [-0.05, 0) is 24.3 Å². The quantitative estimate of drug-likeness (QED) is 0.508. The van der Waals surface area contributed by atoms with Crippen LogP contribution in [0.5, 0.6) is 0 Å². The third kappa shape index (κ3) is 3.60. The van der Waals surface area contributed by atoms with Crippen molar-refractivity contribution in [3.8, 4) is 9.88 Å². The summed E-state index contributed by atoms with van der Waals surface area (Å²) in [7, 11) is 0. The average Bonchev–Trinajstić information content (AvgIpc) is 3.33. The first kappa shape index (κ1) is 17.4. The maximum Gasteiger partial charge on any atom is 0.349 e. The fourth-order valence-corrected chi connectivity index (χ4v) is 4.53. The standard InChI is InChI=1S/C20H14N2O3S2/c21-18(23)17(12-6-2-1-3-7-12)25-20(24)16-11-10-15(26-16)19-22-13-8-4-5-9-14(13)27-19/h1-11,17H,(H2,21,23)/t17-/m0/s1. The Balaban J connectivity index is 1.57. The Hall–Kier alpha value is -3.03. The van der Waals surface area contributed by atoms with Gasteiger partial charge in [-0.3, -0.25) is 4.79 Å². The Bertz CT molecular complexity index is 1090. The fraction of sp³-hybridized carbons (Fsp3) is 0.0500. The number of thiazole rings is 1. The Labute approximate surface area is 163 Å². The Morgan fingerprint density at radius 3 is 2.41 bits per heavy atom. The zero-order valence-corrected chi connectivity index (χ0v) is 15.6. The maximum atomic E-state index is 12.5. The number of fused-ring (bicyclic) bond motifs is 1. The number of para-hydroxylation sites is 1. The number of thiophene rings is 1. The molecule has 27 heavy (non-hydrogen) atoms. The molecule has 4 aromatic rings. The van der Waals surface area contributed by atoms with E-state index in [0.29, 0.717) is 10.4 Å². The van der Waals surface area contributed by atoms with Gasteiger partial charge in [0.05, 0.1) is 15.1 Å². The topological polar surface area (TPSA) is 82.3 Å². The van der Waals surface area contributed by atoms with E-state index in [2.05, 4.69) is 4.98 Å². The molecular weight excluding hydrogens is 380 g/mol. The van der Waals surface area contributed by atoms with Crippen molar-refractivity contribution in [1.29, 1.82) is 0 Å². The first-order chi connectivity index (χ1) is 13.1. The van der Waals surface area contributed by atoms with Gasteiger partial charge < -0.3 is 10.5 Å². The number of rotatable bonds is 5. The van der Waals surface area contributed by atoms with Gasteiger partial charge in [0.2, 0.25) is 6.10 Å². The predicted octanol–water partition coefficient (Wildman–Crippen LogP) is 4.41. The Morgan fingerprint density at radius 2 is 1.67 bits per heavy atom. The number of carbonyl (C=O) groups excluding carboxylic acids is 2. The summed E-state index contributed by atoms with van der Waals surface area (Å²) < 4.78 is 6.46. The minimum Gasteiger partial charge on any atom is -0.443 e. The van der Waals surface area contributed by atoms with Gasteiger partial charge in [0.25, 0.3) is 5.91 Å². The minimum absolute atomic E-state index is 0.395. The lowest BCUT2D eigenvalue weighted by Gasteiger charge is -2.14. The molecule has 5 nitrogen and oxygen atoms in total. The van der Waals surface area contributed by atoms with Crippen LogP contribution in [0.3, 0.4) is 0 Å². The van der Waals surface area contributed by atoms with Crippen LogP contribution in [-0.4, -0.2) is 16.9 Å². The minimum atomic E-state index is -1.12. The van der Waals surface area contributed by atoms with Crippen LogP contribution in [0.15, 0.2) is 66.7 Å². The van der Waals surface area contributed by atoms with Crippen molar-refractivity contribution >= 4 is 44.8 Å². The van der Waals surface area contributed by atoms with Crippen LogP contribution in [0.25, 0.3) is 20.1 Å². The van der Waals surface area contributed by atoms with E-state index in [1.807, 2.05) is 36.4 Å². The molecule has 4 rings (SSSR count). The first-order valence-corrected chi connectivity index (χ1v) is 9.76. The summed E-state index contributed by atoms with van der Waals surface area (Å²) in [5, 5.41) is 0.842. The smallest absolute Gasteiger partial charge is 0.349 e. The molecule has 0 saturated carbocycles. The SMILES string of the molecule is NC(=O)[C@@H](OC(=O)c1ccc(-c2nc3ccccc3s2)s1)c1ccccc1. The van der Waals surface area contributed by atoms with Gasteiger partial charge in [-0.1, -0.05) is 42.5 Å². The van der Waals surface area contributed by atoms with Crippen molar-refractivity contribution in [3.63, 3.8) is 0 Å². The Kier molecular flexibility index (Phi) is 4.70. The monoisotopic (exact) mass is 394 g/mol. The molecule has 0 spiro atoms. The summed E-state index contributed by atoms with van der Waals surface area (Å²) in [5.74, 6) is -1.29. The molecule has 0 bridgehead atoms. The molecule has 0 aliphatic heterocycles. The van der Waals surface area contributed by atoms with Crippen molar-refractivity contribution < 1.29 is 14.3 Å². The second kappa shape index (κ2) is 7.30. The summed E-state index contributed by atoms with van der Waals surface area (Å²) in [4.78, 5) is 30.1. The lowest BCUT2D eigenvalue weighted by Crippen LogP contribution is -2.26. The molecule has 2 aromatic carbocycles. The van der Waals surface area contributed by atoms with Crippen molar-refractivity contribution in [3.05, 3.63) is 77.2 Å². The van der Waals surface area contributed by atoms with Crippen LogP contribution < -0.4 is 5.73 Å². The van der Waals surface area contributed by atoms with Crippen molar-refractivity contribution in [1.82, 2.24) is 4.98 Å². The van der Waals surface area contributed by atoms with Crippen molar-refractivity contribution in [2.45, 2.75) is 6.10 Å². The van der Waals surface area contributed by atoms with E-state index >= 15 is 0 Å². The zero-order chi connectivity index (χ0) is 18.8. The molecule has 0 radical (unpaired) electrons. The molecule has 134 valence electrons. The van der Waals surface area contributed by atoms with Gasteiger partial charge in [-0.15, -0.1) is 22.7 Å². The second-order valence-corrected chi connectivity index (χ2v) is 7.86. The highest BCUT2D eigenvalue weighted by atomic mass is 32.1. The number of primary amides is 1. The van der Waals surface area contributed by atoms with Crippen LogP contribution in [0.1, 0.15) is 21.3 Å². The second-order valence-electron chi connectivity index (χ2n) is 5.75. The predicted molar refractivity (Wildman–Crippen MR) is 107 cm³/mol. The first-order valence-electron chi connectivity index (χ1n) is 8.13. The molecule has 0 unspecified atom stereocenters. The van der Waals surface area contributed by atoms with E-state index in [1.54, 1.807) is 41.7 Å². The number of esters is 1. The highest BCUT2D eigenvalue weighted by molar-refractivity contribution is 7.26. The molecule has 1 atom stereocenters. The molecule has 1 amide bonds. The molecule has 2 N–H and O–H groups in total. The normalized spacial score (nSPS) is 12.0. The number of amides is 1. The highest BCUT2D eigenvalue weighted by Crippen LogP contribution is 2.35. The van der Waals surface area contributed by atoms with E-state index < -0.39 is 18.0 Å². The third-order valence-electron chi connectivity index (χ3n) is 3.90. The number of nitrogens with two attached hydrogens (primary N) is 1. The number of aromatic nitrogens is 1. The molecule has 0 fully saturated rings. The van der Waals surface area contributed by atoms with Crippen LogP contribution in [-0.2, 0) is 9.53 Å². The number of hydrogen-bond acceptors (Lipinski definition) is 6. The van der Waals surface area contributed by atoms with E-state index in [4.69, 9.17) is 10.5 Å². The molecule has 2 aromatic heterocycles. The number of ether oxygens (including phenoxy) is 1. The van der Waals surface area contributed by atoms with Gasteiger partial charge in [0.15, 0.2) is 0 Å². The lowest BCUT2D eigenvalue weighted by molar-refractivity contribution is -0.127. The summed E-state index contributed by atoms with van der Waals surface area (Å²) in [5.41, 5.74) is 6.88. The van der Waals surface area contributed by atoms with E-state index in [1.165, 1.54) is 11.3 Å². The number of carbonyl (C=O) groups is 2. The van der Waals surface area contributed by atoms with Gasteiger partial charge in [-0.25, -0.2) is 9.78 Å². The van der Waals surface area contributed by atoms with E-state index in [0.717, 1.165) is 20.1 Å². The van der Waals surface area contributed by atoms with Gasteiger partial charge in [0.1, 0.15) is 9.88 Å². The largest absolute Gasteiger partial charge is 0.443 e. The molecule has 7 heteroatoms. The van der Waals surface area contributed by atoms with Gasteiger partial charge in [0, 0.05) is 5.56 Å². The lowest BCUT2D eigenvalue weighted by atomic mass is 10.1. The summed E-state index contributed by atoms with van der Waals surface area (Å²) in [6, 6.07) is 20.1. The number of benzene rings is 2. The number of nitrogens with zero attached hydrogens (tertiary/aromatic N) is 1. The summed E-state index contributed by atoms with van der Waals surface area (Å²) >= 11 is 2.84. The van der Waals surface area contributed by atoms with Crippen LogP contribution in [0, 0.1) is 0 Å². The third-order valence-corrected chi connectivity index (χ3v) is 6.17.